The molecule has 146 valence electrons. The number of nitrogens with zero attached hydrogens (tertiary/aromatic N) is 2. The maximum Gasteiger partial charge on any atom is 0.263 e. The highest BCUT2D eigenvalue weighted by atomic mass is 32.1. The molecule has 1 aliphatic rings. The van der Waals surface area contributed by atoms with Crippen LogP contribution < -0.4 is 5.32 Å². The van der Waals surface area contributed by atoms with Gasteiger partial charge in [0.2, 0.25) is 0 Å². The first kappa shape index (κ1) is 20.1. The van der Waals surface area contributed by atoms with Crippen LogP contribution in [0.5, 0.6) is 0 Å². The minimum atomic E-state index is -0.907. The van der Waals surface area contributed by atoms with Gasteiger partial charge < -0.3 is 4.90 Å². The van der Waals surface area contributed by atoms with E-state index in [0.29, 0.717) is 13.1 Å². The first-order chi connectivity index (χ1) is 13.5. The van der Waals surface area contributed by atoms with Crippen LogP contribution in [0.1, 0.15) is 15.9 Å². The van der Waals surface area contributed by atoms with Crippen LogP contribution in [0.15, 0.2) is 54.6 Å². The van der Waals surface area contributed by atoms with Crippen molar-refractivity contribution in [2.45, 2.75) is 0 Å². The van der Waals surface area contributed by atoms with Crippen LogP contribution in [0.3, 0.4) is 0 Å². The van der Waals surface area contributed by atoms with Gasteiger partial charge in [-0.25, -0.2) is 8.78 Å². The van der Waals surface area contributed by atoms with Gasteiger partial charge in [-0.2, -0.15) is 0 Å². The molecule has 3 rings (SSSR count). The summed E-state index contributed by atoms with van der Waals surface area (Å²) in [5.74, 6) is -2.68. The smallest absolute Gasteiger partial charge is 0.263 e. The molecule has 1 fully saturated rings. The van der Waals surface area contributed by atoms with E-state index in [1.165, 1.54) is 6.07 Å². The van der Waals surface area contributed by atoms with Gasteiger partial charge in [0.05, 0.1) is 0 Å². The van der Waals surface area contributed by atoms with Crippen molar-refractivity contribution in [2.24, 2.45) is 0 Å². The Morgan fingerprint density at radius 1 is 1.00 bits per heavy atom. The van der Waals surface area contributed by atoms with E-state index in [2.05, 4.69) is 22.4 Å². The molecule has 2 aromatic carbocycles. The summed E-state index contributed by atoms with van der Waals surface area (Å²) in [4.78, 5) is 16.3. The number of piperazine rings is 1. The molecule has 1 heterocycles. The molecule has 1 amide bonds. The minimum absolute atomic E-state index is 0.187. The molecular formula is C21H21F2N3OS. The van der Waals surface area contributed by atoms with E-state index < -0.39 is 23.1 Å². The van der Waals surface area contributed by atoms with Crippen molar-refractivity contribution >= 4 is 29.3 Å². The number of amides is 1. The molecule has 0 aromatic heterocycles. The highest BCUT2D eigenvalue weighted by Crippen LogP contribution is 2.12. The molecule has 1 N–H and O–H groups in total. The summed E-state index contributed by atoms with van der Waals surface area (Å²) in [5, 5.41) is 2.62. The highest BCUT2D eigenvalue weighted by Gasteiger charge is 2.22. The van der Waals surface area contributed by atoms with Crippen molar-refractivity contribution in [1.29, 1.82) is 0 Å². The number of carbonyl (C=O) groups excluding carboxylic acids is 1. The Morgan fingerprint density at radius 2 is 1.64 bits per heavy atom. The fraction of sp³-hybridized carbons (Fsp3) is 0.238. The number of hydrogen-bond acceptors (Lipinski definition) is 3. The van der Waals surface area contributed by atoms with Gasteiger partial charge in [0.25, 0.3) is 5.91 Å². The Labute approximate surface area is 168 Å². The molecule has 28 heavy (non-hydrogen) atoms. The second-order valence-corrected chi connectivity index (χ2v) is 6.84. The fourth-order valence-electron chi connectivity index (χ4n) is 2.99. The van der Waals surface area contributed by atoms with Crippen LogP contribution in [0, 0.1) is 11.6 Å². The molecule has 4 nitrogen and oxygen atoms in total. The van der Waals surface area contributed by atoms with Gasteiger partial charge in [-0.3, -0.25) is 15.0 Å². The second kappa shape index (κ2) is 9.52. The maximum atomic E-state index is 13.7. The molecule has 1 aliphatic heterocycles. The summed E-state index contributed by atoms with van der Waals surface area (Å²) >= 11 is 5.24. The first-order valence-electron chi connectivity index (χ1n) is 9.03. The Kier molecular flexibility index (Phi) is 6.84. The average Bonchev–Trinajstić information content (AvgIpc) is 2.69. The lowest BCUT2D eigenvalue weighted by Crippen LogP contribution is -2.52. The van der Waals surface area contributed by atoms with Crippen molar-refractivity contribution < 1.29 is 13.6 Å². The Balaban J connectivity index is 1.47. The Hall–Kier alpha value is -2.64. The van der Waals surface area contributed by atoms with Gasteiger partial charge in [-0.15, -0.1) is 0 Å². The summed E-state index contributed by atoms with van der Waals surface area (Å²) in [7, 11) is 0. The molecule has 0 atom stereocenters. The predicted octanol–water partition coefficient (Wildman–Crippen LogP) is 3.31. The third-order valence-electron chi connectivity index (χ3n) is 4.54. The second-order valence-electron chi connectivity index (χ2n) is 6.46. The lowest BCUT2D eigenvalue weighted by atomic mass is 10.2. The van der Waals surface area contributed by atoms with E-state index in [1.807, 2.05) is 35.2 Å². The van der Waals surface area contributed by atoms with Crippen molar-refractivity contribution in [1.82, 2.24) is 15.1 Å². The lowest BCUT2D eigenvalue weighted by Gasteiger charge is -2.35. The molecule has 0 aliphatic carbocycles. The van der Waals surface area contributed by atoms with Gasteiger partial charge >= 0.3 is 0 Å². The molecule has 0 saturated carbocycles. The monoisotopic (exact) mass is 401 g/mol. The highest BCUT2D eigenvalue weighted by molar-refractivity contribution is 7.80. The molecule has 0 spiro atoms. The van der Waals surface area contributed by atoms with Crippen LogP contribution in [-0.2, 0) is 0 Å². The molecule has 0 unspecified atom stereocenters. The number of nitrogens with one attached hydrogen (secondary N) is 1. The van der Waals surface area contributed by atoms with Crippen molar-refractivity contribution in [3.63, 3.8) is 0 Å². The molecule has 7 heteroatoms. The SMILES string of the molecule is O=C(NC(=S)N1CCN(C/C=C/c2ccccc2)CC1)c1c(F)cccc1F. The molecule has 0 bridgehead atoms. The van der Waals surface area contributed by atoms with E-state index in [9.17, 15) is 13.6 Å². The van der Waals surface area contributed by atoms with Crippen LogP contribution >= 0.6 is 12.2 Å². The largest absolute Gasteiger partial charge is 0.346 e. The van der Waals surface area contributed by atoms with Crippen LogP contribution in [0.25, 0.3) is 6.08 Å². The van der Waals surface area contributed by atoms with Crippen molar-refractivity contribution in [2.75, 3.05) is 32.7 Å². The summed E-state index contributed by atoms with van der Waals surface area (Å²) < 4.78 is 27.4. The number of halogens is 2. The normalized spacial score (nSPS) is 15.0. The lowest BCUT2D eigenvalue weighted by molar-refractivity contribution is 0.0962. The number of hydrogen-bond donors (Lipinski definition) is 1. The number of benzene rings is 2. The molecule has 2 aromatic rings. The summed E-state index contributed by atoms with van der Waals surface area (Å²) in [6.07, 6.45) is 4.20. The van der Waals surface area contributed by atoms with E-state index in [-0.39, 0.29) is 5.11 Å². The quantitative estimate of drug-likeness (QED) is 0.798. The van der Waals surface area contributed by atoms with E-state index in [4.69, 9.17) is 12.2 Å². The fourth-order valence-corrected chi connectivity index (χ4v) is 3.26. The Morgan fingerprint density at radius 3 is 2.29 bits per heavy atom. The minimum Gasteiger partial charge on any atom is -0.346 e. The third kappa shape index (κ3) is 5.21. The van der Waals surface area contributed by atoms with Crippen molar-refractivity contribution in [3.8, 4) is 0 Å². The average molecular weight is 401 g/mol. The zero-order valence-corrected chi connectivity index (χ0v) is 16.1. The van der Waals surface area contributed by atoms with Gasteiger partial charge in [-0.05, 0) is 29.9 Å². The molecule has 0 radical (unpaired) electrons. The summed E-state index contributed by atoms with van der Waals surface area (Å²) in [6, 6.07) is 13.4. The molecule has 1 saturated heterocycles. The number of thiocarbonyl (C=S) groups is 1. The zero-order chi connectivity index (χ0) is 19.9. The number of carbonyl (C=O) groups is 1. The third-order valence-corrected chi connectivity index (χ3v) is 4.90. The van der Waals surface area contributed by atoms with Crippen LogP contribution in [0.4, 0.5) is 8.78 Å². The van der Waals surface area contributed by atoms with Gasteiger partial charge in [0.15, 0.2) is 5.11 Å². The predicted molar refractivity (Wildman–Crippen MR) is 110 cm³/mol. The van der Waals surface area contributed by atoms with Gasteiger partial charge in [0.1, 0.15) is 17.2 Å². The van der Waals surface area contributed by atoms with Crippen LogP contribution in [-0.4, -0.2) is 53.5 Å². The topological polar surface area (TPSA) is 35.6 Å². The van der Waals surface area contributed by atoms with E-state index in [1.54, 1.807) is 0 Å². The maximum absolute atomic E-state index is 13.7. The Bertz CT molecular complexity index is 845. The van der Waals surface area contributed by atoms with Crippen LogP contribution in [0.2, 0.25) is 0 Å². The number of rotatable bonds is 4. The molecular weight excluding hydrogens is 380 g/mol. The standard InChI is InChI=1S/C21H21F2N3OS/c22-17-9-4-10-18(23)19(17)20(27)24-21(28)26-14-12-25(13-15-26)11-5-8-16-6-2-1-3-7-16/h1-10H,11-15H2,(H,24,27,28)/b8-5+. The van der Waals surface area contributed by atoms with E-state index >= 15 is 0 Å². The van der Waals surface area contributed by atoms with E-state index in [0.717, 1.165) is 37.3 Å². The van der Waals surface area contributed by atoms with Crippen molar-refractivity contribution in [3.05, 3.63) is 77.4 Å². The van der Waals surface area contributed by atoms with Gasteiger partial charge in [-0.1, -0.05) is 48.6 Å². The van der Waals surface area contributed by atoms with Gasteiger partial charge in [0, 0.05) is 32.7 Å². The zero-order valence-electron chi connectivity index (χ0n) is 15.3. The first-order valence-corrected chi connectivity index (χ1v) is 9.43. The summed E-state index contributed by atoms with van der Waals surface area (Å²) in [5.41, 5.74) is 0.542. The summed E-state index contributed by atoms with van der Waals surface area (Å²) in [6.45, 7) is 3.66.